The Hall–Kier alpha value is -2.74. The third-order valence-electron chi connectivity index (χ3n) is 4.26. The molecule has 1 radical (unpaired) electrons. The number of ether oxygens (including phenoxy) is 2. The predicted octanol–water partition coefficient (Wildman–Crippen LogP) is 5.79. The van der Waals surface area contributed by atoms with E-state index in [9.17, 15) is 0 Å². The minimum atomic E-state index is 0.800. The molecular weight excluding hydrogens is 308 g/mol. The summed E-state index contributed by atoms with van der Waals surface area (Å²) < 4.78 is 11.7. The molecular formula is C23H23O2. The summed E-state index contributed by atoms with van der Waals surface area (Å²) in [5.74, 6) is 1.65. The second kappa shape index (κ2) is 7.89. The van der Waals surface area contributed by atoms with Gasteiger partial charge in [0, 0.05) is 17.2 Å². The number of rotatable bonds is 6. The summed E-state index contributed by atoms with van der Waals surface area (Å²) in [5.41, 5.74) is 5.23. The molecule has 0 saturated heterocycles. The Morgan fingerprint density at radius 3 is 1.84 bits per heavy atom. The van der Waals surface area contributed by atoms with Crippen molar-refractivity contribution in [2.24, 2.45) is 0 Å². The monoisotopic (exact) mass is 331 g/mol. The van der Waals surface area contributed by atoms with Gasteiger partial charge in [-0.05, 0) is 17.5 Å². The molecule has 0 unspecified atom stereocenters. The van der Waals surface area contributed by atoms with Gasteiger partial charge in [0.05, 0.1) is 19.8 Å². The summed E-state index contributed by atoms with van der Waals surface area (Å²) in [5, 5.41) is 0. The molecule has 25 heavy (non-hydrogen) atoms. The van der Waals surface area contributed by atoms with Crippen LogP contribution in [0.25, 0.3) is 22.3 Å². The van der Waals surface area contributed by atoms with Crippen LogP contribution in [0.15, 0.2) is 60.7 Å². The zero-order valence-corrected chi connectivity index (χ0v) is 15.0. The lowest BCUT2D eigenvalue weighted by atomic mass is 9.91. The largest absolute Gasteiger partial charge is 0.496 e. The van der Waals surface area contributed by atoms with Gasteiger partial charge >= 0.3 is 0 Å². The van der Waals surface area contributed by atoms with E-state index in [1.54, 1.807) is 14.2 Å². The number of hydrogen-bond donors (Lipinski definition) is 0. The molecule has 0 bridgehead atoms. The van der Waals surface area contributed by atoms with Crippen LogP contribution in [0, 0.1) is 6.07 Å². The first kappa shape index (κ1) is 17.1. The van der Waals surface area contributed by atoms with E-state index in [1.165, 1.54) is 0 Å². The zero-order chi connectivity index (χ0) is 17.6. The van der Waals surface area contributed by atoms with E-state index in [4.69, 9.17) is 9.47 Å². The Balaban J connectivity index is 2.35. The number of methoxy groups -OCH3 is 2. The van der Waals surface area contributed by atoms with Crippen LogP contribution >= 0.6 is 0 Å². The van der Waals surface area contributed by atoms with E-state index < -0.39 is 0 Å². The van der Waals surface area contributed by atoms with Crippen molar-refractivity contribution in [2.45, 2.75) is 19.8 Å². The van der Waals surface area contributed by atoms with Crippen LogP contribution in [0.3, 0.4) is 0 Å². The SMILES string of the molecule is CCCc1[c]c(-c2ccccc2)c(OC)c(-c2ccccc2)c1OC. The van der Waals surface area contributed by atoms with Crippen LogP contribution in [-0.2, 0) is 6.42 Å². The fourth-order valence-corrected chi connectivity index (χ4v) is 3.17. The molecule has 0 aliphatic heterocycles. The molecule has 127 valence electrons. The average molecular weight is 331 g/mol. The van der Waals surface area contributed by atoms with Crippen molar-refractivity contribution in [1.29, 1.82) is 0 Å². The van der Waals surface area contributed by atoms with Crippen molar-refractivity contribution in [2.75, 3.05) is 14.2 Å². The van der Waals surface area contributed by atoms with Gasteiger partial charge in [0.1, 0.15) is 11.5 Å². The second-order valence-corrected chi connectivity index (χ2v) is 5.90. The second-order valence-electron chi connectivity index (χ2n) is 5.90. The minimum absolute atomic E-state index is 0.800. The molecule has 2 nitrogen and oxygen atoms in total. The summed E-state index contributed by atoms with van der Waals surface area (Å²) in [6.07, 6.45) is 1.94. The highest BCUT2D eigenvalue weighted by Gasteiger charge is 2.21. The summed E-state index contributed by atoms with van der Waals surface area (Å²) in [7, 11) is 3.43. The number of hydrogen-bond acceptors (Lipinski definition) is 2. The van der Waals surface area contributed by atoms with Gasteiger partial charge in [-0.15, -0.1) is 0 Å². The van der Waals surface area contributed by atoms with Crippen molar-refractivity contribution in [3.05, 3.63) is 72.3 Å². The highest BCUT2D eigenvalue weighted by Crippen LogP contribution is 2.46. The lowest BCUT2D eigenvalue weighted by Crippen LogP contribution is -2.01. The molecule has 0 N–H and O–H groups in total. The van der Waals surface area contributed by atoms with Crippen LogP contribution in [-0.4, -0.2) is 14.2 Å². The van der Waals surface area contributed by atoms with E-state index in [-0.39, 0.29) is 0 Å². The summed E-state index contributed by atoms with van der Waals surface area (Å²) >= 11 is 0. The van der Waals surface area contributed by atoms with E-state index >= 15 is 0 Å². The Morgan fingerprint density at radius 1 is 0.760 bits per heavy atom. The average Bonchev–Trinajstić information content (AvgIpc) is 2.68. The van der Waals surface area contributed by atoms with E-state index in [2.05, 4.69) is 37.3 Å². The summed E-state index contributed by atoms with van der Waals surface area (Å²) in [6.45, 7) is 2.17. The highest BCUT2D eigenvalue weighted by atomic mass is 16.5. The molecule has 0 amide bonds. The standard InChI is InChI=1S/C23H23O2/c1-4-11-19-16-20(17-12-7-5-8-13-17)23(25-3)21(22(19)24-2)18-14-9-6-10-15-18/h5-10,12-15H,4,11H2,1-3H3. The molecule has 2 heteroatoms. The molecule has 0 fully saturated rings. The van der Waals surface area contributed by atoms with Crippen LogP contribution in [0.1, 0.15) is 18.9 Å². The normalized spacial score (nSPS) is 10.5. The summed E-state index contributed by atoms with van der Waals surface area (Å²) in [6, 6.07) is 24.1. The van der Waals surface area contributed by atoms with Crippen LogP contribution in [0.2, 0.25) is 0 Å². The Bertz CT molecular complexity index is 824. The third-order valence-corrected chi connectivity index (χ3v) is 4.26. The fraction of sp³-hybridized carbons (Fsp3) is 0.217. The minimum Gasteiger partial charge on any atom is -0.496 e. The predicted molar refractivity (Wildman–Crippen MR) is 103 cm³/mol. The lowest BCUT2D eigenvalue weighted by molar-refractivity contribution is 0.394. The van der Waals surface area contributed by atoms with Crippen LogP contribution < -0.4 is 9.47 Å². The molecule has 0 heterocycles. The van der Waals surface area contributed by atoms with E-state index in [0.717, 1.165) is 52.2 Å². The molecule has 0 aliphatic rings. The number of benzene rings is 3. The van der Waals surface area contributed by atoms with E-state index in [0.29, 0.717) is 0 Å². The molecule has 3 aromatic carbocycles. The van der Waals surface area contributed by atoms with Crippen LogP contribution in [0.4, 0.5) is 0 Å². The Morgan fingerprint density at radius 2 is 1.32 bits per heavy atom. The lowest BCUT2D eigenvalue weighted by Gasteiger charge is -2.20. The molecule has 0 spiro atoms. The van der Waals surface area contributed by atoms with E-state index in [1.807, 2.05) is 36.4 Å². The molecule has 3 rings (SSSR count). The van der Waals surface area contributed by atoms with Gasteiger partial charge in [-0.1, -0.05) is 74.0 Å². The maximum absolute atomic E-state index is 5.85. The Labute approximate surface area is 150 Å². The van der Waals surface area contributed by atoms with Gasteiger partial charge in [-0.3, -0.25) is 0 Å². The van der Waals surface area contributed by atoms with Crippen molar-refractivity contribution in [1.82, 2.24) is 0 Å². The van der Waals surface area contributed by atoms with Gasteiger partial charge < -0.3 is 9.47 Å². The van der Waals surface area contributed by atoms with Crippen molar-refractivity contribution < 1.29 is 9.47 Å². The smallest absolute Gasteiger partial charge is 0.138 e. The zero-order valence-electron chi connectivity index (χ0n) is 15.0. The van der Waals surface area contributed by atoms with Crippen molar-refractivity contribution in [3.63, 3.8) is 0 Å². The molecule has 0 saturated carbocycles. The number of aryl methyl sites for hydroxylation is 1. The maximum atomic E-state index is 5.85. The van der Waals surface area contributed by atoms with Crippen molar-refractivity contribution >= 4 is 0 Å². The quantitative estimate of drug-likeness (QED) is 0.569. The first-order chi connectivity index (χ1) is 12.3. The van der Waals surface area contributed by atoms with Gasteiger partial charge in [0.15, 0.2) is 0 Å². The molecule has 0 aromatic heterocycles. The van der Waals surface area contributed by atoms with Crippen molar-refractivity contribution in [3.8, 4) is 33.8 Å². The van der Waals surface area contributed by atoms with Crippen LogP contribution in [0.5, 0.6) is 11.5 Å². The molecule has 0 aliphatic carbocycles. The topological polar surface area (TPSA) is 18.5 Å². The van der Waals surface area contributed by atoms with Gasteiger partial charge in [0.25, 0.3) is 0 Å². The molecule has 0 atom stereocenters. The molecule has 3 aromatic rings. The third kappa shape index (κ3) is 3.39. The highest BCUT2D eigenvalue weighted by molar-refractivity contribution is 5.87. The maximum Gasteiger partial charge on any atom is 0.138 e. The first-order valence-corrected chi connectivity index (χ1v) is 8.61. The van der Waals surface area contributed by atoms with Gasteiger partial charge in [0.2, 0.25) is 0 Å². The Kier molecular flexibility index (Phi) is 5.39. The first-order valence-electron chi connectivity index (χ1n) is 8.61. The van der Waals surface area contributed by atoms with Gasteiger partial charge in [-0.25, -0.2) is 0 Å². The van der Waals surface area contributed by atoms with Gasteiger partial charge in [-0.2, -0.15) is 0 Å². The fourth-order valence-electron chi connectivity index (χ4n) is 3.17. The summed E-state index contributed by atoms with van der Waals surface area (Å²) in [4.78, 5) is 0.